The molecule has 0 amide bonds. The first kappa shape index (κ1) is 14.5. The van der Waals surface area contributed by atoms with E-state index in [0.717, 1.165) is 18.0 Å². The van der Waals surface area contributed by atoms with Gasteiger partial charge in [-0.1, -0.05) is 19.3 Å². The Hall–Kier alpha value is -0.450. The first-order valence-corrected chi connectivity index (χ1v) is 8.89. The third kappa shape index (κ3) is 3.23. The third-order valence-corrected chi connectivity index (χ3v) is 5.87. The third-order valence-electron chi connectivity index (χ3n) is 4.97. The topological polar surface area (TPSA) is 36.4 Å². The molecular formula is C16H26N2OS. The summed E-state index contributed by atoms with van der Waals surface area (Å²) in [4.78, 5) is 8.37. The monoisotopic (exact) mass is 294 g/mol. The van der Waals surface area contributed by atoms with Gasteiger partial charge < -0.3 is 5.11 Å². The maximum absolute atomic E-state index is 10.4. The van der Waals surface area contributed by atoms with E-state index >= 15 is 0 Å². The van der Waals surface area contributed by atoms with Gasteiger partial charge in [-0.2, -0.15) is 0 Å². The molecule has 1 aliphatic carbocycles. The van der Waals surface area contributed by atoms with Crippen LogP contribution in [0.15, 0.2) is 6.20 Å². The van der Waals surface area contributed by atoms with E-state index in [-0.39, 0.29) is 6.10 Å². The Kier molecular flexibility index (Phi) is 4.74. The lowest BCUT2D eigenvalue weighted by Gasteiger charge is -2.43. The van der Waals surface area contributed by atoms with E-state index in [9.17, 15) is 5.11 Å². The van der Waals surface area contributed by atoms with Crippen LogP contribution in [0.25, 0.3) is 0 Å². The molecule has 0 bridgehead atoms. The van der Waals surface area contributed by atoms with Crippen LogP contribution in [-0.4, -0.2) is 33.7 Å². The summed E-state index contributed by atoms with van der Waals surface area (Å²) >= 11 is 1.82. The number of aliphatic hydroxyl groups is 1. The lowest BCUT2D eigenvalue weighted by molar-refractivity contribution is -0.00828. The molecular weight excluding hydrogens is 268 g/mol. The number of hydrogen-bond donors (Lipinski definition) is 1. The Morgan fingerprint density at radius 3 is 2.80 bits per heavy atom. The lowest BCUT2D eigenvalue weighted by Crippen LogP contribution is -2.48. The van der Waals surface area contributed by atoms with Crippen molar-refractivity contribution in [3.8, 4) is 0 Å². The molecule has 3 atom stereocenters. The molecule has 112 valence electrons. The van der Waals surface area contributed by atoms with Crippen LogP contribution in [0.4, 0.5) is 0 Å². The fraction of sp³-hybridized carbons (Fsp3) is 0.812. The molecule has 1 aromatic rings. The number of aromatic nitrogens is 1. The standard InChI is InChI=1S/C16H26N2OS/c1-12-17-10-13(20-12)11-18-9-5-4-7-15(18)14-6-2-3-8-16(14)19/h10,14-16,19H,2-9,11H2,1H3. The zero-order chi connectivity index (χ0) is 13.9. The molecule has 0 radical (unpaired) electrons. The van der Waals surface area contributed by atoms with Gasteiger partial charge in [0, 0.05) is 29.6 Å². The van der Waals surface area contributed by atoms with Crippen LogP contribution in [-0.2, 0) is 6.54 Å². The maximum Gasteiger partial charge on any atom is 0.0897 e. The predicted octanol–water partition coefficient (Wildman–Crippen LogP) is 3.36. The molecule has 2 heterocycles. The second-order valence-electron chi connectivity index (χ2n) is 6.39. The van der Waals surface area contributed by atoms with E-state index in [0.29, 0.717) is 12.0 Å². The molecule has 3 rings (SSSR count). The van der Waals surface area contributed by atoms with Crippen LogP contribution in [0.3, 0.4) is 0 Å². The van der Waals surface area contributed by atoms with E-state index in [2.05, 4.69) is 16.8 Å². The maximum atomic E-state index is 10.4. The van der Waals surface area contributed by atoms with Crippen molar-refractivity contribution >= 4 is 11.3 Å². The van der Waals surface area contributed by atoms with Crippen LogP contribution < -0.4 is 0 Å². The highest BCUT2D eigenvalue weighted by molar-refractivity contribution is 7.11. The van der Waals surface area contributed by atoms with Crippen LogP contribution in [0.5, 0.6) is 0 Å². The number of piperidine rings is 1. The molecule has 1 saturated heterocycles. The minimum atomic E-state index is -0.0717. The summed E-state index contributed by atoms with van der Waals surface area (Å²) in [7, 11) is 0. The smallest absolute Gasteiger partial charge is 0.0897 e. The second kappa shape index (κ2) is 6.54. The summed E-state index contributed by atoms with van der Waals surface area (Å²) in [6.07, 6.45) is 10.6. The summed E-state index contributed by atoms with van der Waals surface area (Å²) in [6.45, 7) is 4.29. The van der Waals surface area contributed by atoms with Gasteiger partial charge in [0.2, 0.25) is 0 Å². The van der Waals surface area contributed by atoms with Gasteiger partial charge in [-0.25, -0.2) is 4.98 Å². The number of rotatable bonds is 3. The van der Waals surface area contributed by atoms with Crippen LogP contribution in [0.1, 0.15) is 54.8 Å². The van der Waals surface area contributed by atoms with Crippen LogP contribution >= 0.6 is 11.3 Å². The summed E-state index contributed by atoms with van der Waals surface area (Å²) in [5, 5.41) is 11.5. The Labute approximate surface area is 126 Å². The summed E-state index contributed by atoms with van der Waals surface area (Å²) < 4.78 is 0. The molecule has 3 nitrogen and oxygen atoms in total. The SMILES string of the molecule is Cc1ncc(CN2CCCCC2C2CCCCC2O)s1. The Bertz CT molecular complexity index is 434. The van der Waals surface area contributed by atoms with E-state index in [1.807, 2.05) is 17.5 Å². The second-order valence-corrected chi connectivity index (χ2v) is 7.71. The van der Waals surface area contributed by atoms with Gasteiger partial charge in [-0.15, -0.1) is 11.3 Å². The van der Waals surface area contributed by atoms with E-state index in [1.165, 1.54) is 49.9 Å². The van der Waals surface area contributed by atoms with Crippen molar-refractivity contribution < 1.29 is 5.11 Å². The Morgan fingerprint density at radius 1 is 1.25 bits per heavy atom. The minimum Gasteiger partial charge on any atom is -0.393 e. The van der Waals surface area contributed by atoms with E-state index in [1.54, 1.807) is 0 Å². The minimum absolute atomic E-state index is 0.0717. The predicted molar refractivity (Wildman–Crippen MR) is 82.9 cm³/mol. The first-order chi connectivity index (χ1) is 9.74. The van der Waals surface area contributed by atoms with Gasteiger partial charge in [-0.3, -0.25) is 4.90 Å². The van der Waals surface area contributed by atoms with Crippen LogP contribution in [0.2, 0.25) is 0 Å². The number of thiazole rings is 1. The van der Waals surface area contributed by atoms with Crippen molar-refractivity contribution in [2.24, 2.45) is 5.92 Å². The van der Waals surface area contributed by atoms with Gasteiger partial charge in [0.05, 0.1) is 11.1 Å². The molecule has 1 aromatic heterocycles. The Balaban J connectivity index is 1.69. The number of hydrogen-bond acceptors (Lipinski definition) is 4. The molecule has 1 aliphatic heterocycles. The van der Waals surface area contributed by atoms with Gasteiger partial charge in [-0.05, 0) is 39.2 Å². The summed E-state index contributed by atoms with van der Waals surface area (Å²) in [5.74, 6) is 0.498. The summed E-state index contributed by atoms with van der Waals surface area (Å²) in [6, 6.07) is 0.585. The van der Waals surface area contributed by atoms with Crippen molar-refractivity contribution in [1.29, 1.82) is 0 Å². The molecule has 0 aromatic carbocycles. The molecule has 2 aliphatic rings. The highest BCUT2D eigenvalue weighted by Crippen LogP contribution is 2.35. The van der Waals surface area contributed by atoms with E-state index in [4.69, 9.17) is 0 Å². The van der Waals surface area contributed by atoms with Crippen LogP contribution in [0, 0.1) is 12.8 Å². The molecule has 20 heavy (non-hydrogen) atoms. The normalized spacial score (nSPS) is 32.4. The van der Waals surface area contributed by atoms with E-state index < -0.39 is 0 Å². The molecule has 0 spiro atoms. The lowest BCUT2D eigenvalue weighted by atomic mass is 9.78. The van der Waals surface area contributed by atoms with Crippen molar-refractivity contribution in [1.82, 2.24) is 9.88 Å². The highest BCUT2D eigenvalue weighted by Gasteiger charge is 2.35. The van der Waals surface area contributed by atoms with Gasteiger partial charge >= 0.3 is 0 Å². The largest absolute Gasteiger partial charge is 0.393 e. The molecule has 1 N–H and O–H groups in total. The molecule has 3 unspecified atom stereocenters. The van der Waals surface area contributed by atoms with Crippen molar-refractivity contribution in [2.45, 2.75) is 70.6 Å². The number of aliphatic hydroxyl groups excluding tert-OH is 1. The highest BCUT2D eigenvalue weighted by atomic mass is 32.1. The zero-order valence-corrected chi connectivity index (χ0v) is 13.2. The van der Waals surface area contributed by atoms with Crippen molar-refractivity contribution in [2.75, 3.05) is 6.54 Å². The fourth-order valence-electron chi connectivity index (χ4n) is 3.97. The van der Waals surface area contributed by atoms with Gasteiger partial charge in [0.1, 0.15) is 0 Å². The quantitative estimate of drug-likeness (QED) is 0.928. The van der Waals surface area contributed by atoms with Gasteiger partial charge in [0.15, 0.2) is 0 Å². The number of aryl methyl sites for hydroxylation is 1. The average molecular weight is 294 g/mol. The number of nitrogens with zero attached hydrogens (tertiary/aromatic N) is 2. The average Bonchev–Trinajstić information content (AvgIpc) is 2.86. The van der Waals surface area contributed by atoms with Gasteiger partial charge in [0.25, 0.3) is 0 Å². The zero-order valence-electron chi connectivity index (χ0n) is 12.4. The molecule has 4 heteroatoms. The number of likely N-dealkylation sites (tertiary alicyclic amines) is 1. The Morgan fingerprint density at radius 2 is 2.05 bits per heavy atom. The molecule has 1 saturated carbocycles. The molecule has 2 fully saturated rings. The first-order valence-electron chi connectivity index (χ1n) is 8.07. The van der Waals surface area contributed by atoms with Crippen molar-refractivity contribution in [3.05, 3.63) is 16.1 Å². The fourth-order valence-corrected chi connectivity index (χ4v) is 4.79. The summed E-state index contributed by atoms with van der Waals surface area (Å²) in [5.41, 5.74) is 0. The van der Waals surface area contributed by atoms with Crippen molar-refractivity contribution in [3.63, 3.8) is 0 Å².